The lowest BCUT2D eigenvalue weighted by Crippen LogP contribution is -2.53. The zero-order valence-electron chi connectivity index (χ0n) is 17.3. The lowest BCUT2D eigenvalue weighted by Gasteiger charge is -2.31. The van der Waals surface area contributed by atoms with E-state index in [-0.39, 0.29) is 48.1 Å². The summed E-state index contributed by atoms with van der Waals surface area (Å²) in [7, 11) is -1.32. The van der Waals surface area contributed by atoms with Crippen molar-refractivity contribution in [1.29, 1.82) is 0 Å². The zero-order valence-corrected chi connectivity index (χ0v) is 17.3. The molecule has 2 aliphatic rings. The topological polar surface area (TPSA) is 177 Å². The van der Waals surface area contributed by atoms with Crippen LogP contribution in [-0.4, -0.2) is 59.6 Å². The minimum Gasteiger partial charge on any atom is -0.534 e. The van der Waals surface area contributed by atoms with E-state index in [2.05, 4.69) is 10.6 Å². The lowest BCUT2D eigenvalue weighted by molar-refractivity contribution is -0.124. The molecular formula is C20H29BN4O6. The SMILES string of the molecule is NC[C@H](N)C(=O)NC1CCC(CC(=O)N[C@H]2Cc3cccc(C(=O)O)c3OB2O)CC1. The fraction of sp³-hybridized carbons (Fsp3) is 0.550. The van der Waals surface area contributed by atoms with Crippen molar-refractivity contribution in [1.82, 2.24) is 10.6 Å². The van der Waals surface area contributed by atoms with Crippen molar-refractivity contribution in [3.05, 3.63) is 29.3 Å². The standard InChI is InChI=1S/C20H29BN4O6/c22-10-15(23)19(27)24-13-6-4-11(5-7-13)8-17(26)25-16-9-12-2-1-3-14(20(28)29)18(12)31-21(16)30/h1-3,11,13,15-16,30H,4-10,22-23H2,(H,24,27)(H,25,26)(H,28,29)/t11?,13?,15-,16-/m0/s1. The van der Waals surface area contributed by atoms with Crippen LogP contribution in [0.1, 0.15) is 48.0 Å². The molecule has 1 fully saturated rings. The maximum absolute atomic E-state index is 12.5. The summed E-state index contributed by atoms with van der Waals surface area (Å²) in [6.07, 6.45) is 3.72. The summed E-state index contributed by atoms with van der Waals surface area (Å²) in [6, 6.07) is 4.08. The Bertz CT molecular complexity index is 830. The van der Waals surface area contributed by atoms with Gasteiger partial charge in [-0.05, 0) is 49.7 Å². The Morgan fingerprint density at radius 1 is 1.19 bits per heavy atom. The van der Waals surface area contributed by atoms with Crippen molar-refractivity contribution >= 4 is 24.9 Å². The van der Waals surface area contributed by atoms with Gasteiger partial charge in [0.1, 0.15) is 5.75 Å². The minimum atomic E-state index is -1.32. The molecule has 0 radical (unpaired) electrons. The van der Waals surface area contributed by atoms with E-state index in [1.54, 1.807) is 12.1 Å². The van der Waals surface area contributed by atoms with Crippen molar-refractivity contribution in [2.24, 2.45) is 17.4 Å². The Labute approximate surface area is 180 Å². The molecule has 0 unspecified atom stereocenters. The number of aromatic carboxylic acids is 1. The van der Waals surface area contributed by atoms with Gasteiger partial charge >= 0.3 is 13.1 Å². The zero-order chi connectivity index (χ0) is 22.5. The number of hydrogen-bond acceptors (Lipinski definition) is 7. The number of carbonyl (C=O) groups excluding carboxylic acids is 2. The van der Waals surface area contributed by atoms with Gasteiger partial charge in [0.2, 0.25) is 11.8 Å². The number of nitrogens with two attached hydrogens (primary N) is 2. The predicted octanol–water partition coefficient (Wildman–Crippen LogP) is -0.825. The normalized spacial score (nSPS) is 23.8. The summed E-state index contributed by atoms with van der Waals surface area (Å²) in [5, 5.41) is 25.2. The molecule has 1 heterocycles. The van der Waals surface area contributed by atoms with Crippen molar-refractivity contribution in [2.75, 3.05) is 6.54 Å². The Morgan fingerprint density at radius 3 is 2.55 bits per heavy atom. The Balaban J connectivity index is 1.48. The Kier molecular flexibility index (Phi) is 7.53. The van der Waals surface area contributed by atoms with Crippen molar-refractivity contribution in [2.45, 2.75) is 56.5 Å². The Hall–Kier alpha value is -2.63. The van der Waals surface area contributed by atoms with E-state index >= 15 is 0 Å². The summed E-state index contributed by atoms with van der Waals surface area (Å²) in [4.78, 5) is 35.7. The van der Waals surface area contributed by atoms with Crippen LogP contribution in [0.3, 0.4) is 0 Å². The molecule has 0 bridgehead atoms. The number of para-hydroxylation sites is 1. The molecule has 0 spiro atoms. The van der Waals surface area contributed by atoms with E-state index in [1.807, 2.05) is 0 Å². The number of carboxylic acids is 1. The van der Waals surface area contributed by atoms with Crippen molar-refractivity contribution in [3.63, 3.8) is 0 Å². The summed E-state index contributed by atoms with van der Waals surface area (Å²) in [6.45, 7) is 0.0974. The number of rotatable bonds is 7. The van der Waals surface area contributed by atoms with Crippen molar-refractivity contribution < 1.29 is 29.2 Å². The first-order valence-corrected chi connectivity index (χ1v) is 10.5. The third-order valence-corrected chi connectivity index (χ3v) is 5.95. The minimum absolute atomic E-state index is 0.0161. The van der Waals surface area contributed by atoms with Crippen molar-refractivity contribution in [3.8, 4) is 5.75 Å². The van der Waals surface area contributed by atoms with Crippen LogP contribution in [0.4, 0.5) is 0 Å². The van der Waals surface area contributed by atoms with Crippen LogP contribution < -0.4 is 26.8 Å². The molecule has 0 saturated heterocycles. The highest BCUT2D eigenvalue weighted by molar-refractivity contribution is 6.47. The molecule has 10 nitrogen and oxygen atoms in total. The van der Waals surface area contributed by atoms with Crippen LogP contribution in [0.25, 0.3) is 0 Å². The third-order valence-electron chi connectivity index (χ3n) is 5.95. The first-order chi connectivity index (χ1) is 14.8. The van der Waals surface area contributed by atoms with Crippen LogP contribution in [0.15, 0.2) is 18.2 Å². The highest BCUT2D eigenvalue weighted by Gasteiger charge is 2.38. The second kappa shape index (κ2) is 10.1. The monoisotopic (exact) mass is 432 g/mol. The van der Waals surface area contributed by atoms with Crippen LogP contribution in [0, 0.1) is 5.92 Å². The number of carboxylic acid groups (broad SMARTS) is 1. The number of carbonyl (C=O) groups is 3. The van der Waals surface area contributed by atoms with Crippen LogP contribution >= 0.6 is 0 Å². The maximum atomic E-state index is 12.5. The van der Waals surface area contributed by atoms with Gasteiger partial charge in [-0.2, -0.15) is 0 Å². The fourth-order valence-electron chi connectivity index (χ4n) is 4.17. The first kappa shape index (κ1) is 23.0. The molecule has 8 N–H and O–H groups in total. The van der Waals surface area contributed by atoms with E-state index in [0.29, 0.717) is 12.0 Å². The van der Waals surface area contributed by atoms with E-state index in [1.165, 1.54) is 6.07 Å². The molecule has 1 aliphatic carbocycles. The number of hydrogen-bond donors (Lipinski definition) is 6. The quantitative estimate of drug-likeness (QED) is 0.303. The number of nitrogens with one attached hydrogen (secondary N) is 2. The van der Waals surface area contributed by atoms with Crippen LogP contribution in [0.5, 0.6) is 5.75 Å². The second-order valence-electron chi connectivity index (χ2n) is 8.26. The van der Waals surface area contributed by atoms with Crippen LogP contribution in [0.2, 0.25) is 0 Å². The summed E-state index contributed by atoms with van der Waals surface area (Å²) >= 11 is 0. The molecule has 31 heavy (non-hydrogen) atoms. The number of fused-ring (bicyclic) bond motifs is 1. The molecule has 0 aromatic heterocycles. The van der Waals surface area contributed by atoms with Gasteiger partial charge in [0.05, 0.1) is 17.5 Å². The van der Waals surface area contributed by atoms with Gasteiger partial charge in [-0.25, -0.2) is 4.79 Å². The van der Waals surface area contributed by atoms with E-state index in [9.17, 15) is 24.5 Å². The molecule has 3 rings (SSSR count). The second-order valence-corrected chi connectivity index (χ2v) is 8.26. The molecule has 1 aromatic carbocycles. The van der Waals surface area contributed by atoms with E-state index in [4.69, 9.17) is 16.1 Å². The molecule has 1 saturated carbocycles. The molecule has 1 aromatic rings. The molecule has 2 atom stereocenters. The average Bonchev–Trinajstić information content (AvgIpc) is 2.74. The average molecular weight is 432 g/mol. The third kappa shape index (κ3) is 5.75. The van der Waals surface area contributed by atoms with Gasteiger partial charge in [0.15, 0.2) is 0 Å². The highest BCUT2D eigenvalue weighted by atomic mass is 16.5. The smallest absolute Gasteiger partial charge is 0.534 e. The van der Waals surface area contributed by atoms with Gasteiger partial charge in [-0.15, -0.1) is 0 Å². The lowest BCUT2D eigenvalue weighted by atomic mass is 9.72. The number of amides is 2. The molecule has 1 aliphatic heterocycles. The maximum Gasteiger partial charge on any atom is 0.547 e. The van der Waals surface area contributed by atoms with Gasteiger partial charge in [-0.1, -0.05) is 12.1 Å². The van der Waals surface area contributed by atoms with Crippen LogP contribution in [-0.2, 0) is 16.0 Å². The van der Waals surface area contributed by atoms with Gasteiger partial charge < -0.3 is 36.9 Å². The molecular weight excluding hydrogens is 403 g/mol. The Morgan fingerprint density at radius 2 is 1.90 bits per heavy atom. The van der Waals surface area contributed by atoms with E-state index < -0.39 is 25.1 Å². The number of benzene rings is 1. The first-order valence-electron chi connectivity index (χ1n) is 10.5. The molecule has 2 amide bonds. The summed E-state index contributed by atoms with van der Waals surface area (Å²) < 4.78 is 5.41. The van der Waals surface area contributed by atoms with Gasteiger partial charge in [-0.3, -0.25) is 9.59 Å². The highest BCUT2D eigenvalue weighted by Crippen LogP contribution is 2.31. The summed E-state index contributed by atoms with van der Waals surface area (Å²) in [5.74, 6) is -1.91. The van der Waals surface area contributed by atoms with E-state index in [0.717, 1.165) is 25.7 Å². The molecule has 168 valence electrons. The summed E-state index contributed by atoms with van der Waals surface area (Å²) in [5.41, 5.74) is 11.6. The molecule has 11 heteroatoms. The predicted molar refractivity (Wildman–Crippen MR) is 113 cm³/mol. The fourth-order valence-corrected chi connectivity index (χ4v) is 4.17. The van der Waals surface area contributed by atoms with Gasteiger partial charge in [0.25, 0.3) is 0 Å². The largest absolute Gasteiger partial charge is 0.547 e. The van der Waals surface area contributed by atoms with Gasteiger partial charge in [0, 0.05) is 19.0 Å².